The third-order valence-electron chi connectivity index (χ3n) is 4.55. The van der Waals surface area contributed by atoms with E-state index in [9.17, 15) is 4.79 Å². The molecule has 3 rings (SSSR count). The average Bonchev–Trinajstić information content (AvgIpc) is 2.96. The summed E-state index contributed by atoms with van der Waals surface area (Å²) < 4.78 is 1.89. The van der Waals surface area contributed by atoms with Crippen LogP contribution in [0.3, 0.4) is 0 Å². The molecule has 2 aromatic heterocycles. The van der Waals surface area contributed by atoms with E-state index in [1.165, 1.54) is 12.8 Å². The van der Waals surface area contributed by atoms with E-state index in [0.717, 1.165) is 37.4 Å². The largest absolute Gasteiger partial charge is 0.350 e. The Labute approximate surface area is 131 Å². The number of likely N-dealkylation sites (tertiary alicyclic amines) is 1. The first-order valence-electron chi connectivity index (χ1n) is 8.11. The van der Waals surface area contributed by atoms with E-state index in [1.54, 1.807) is 6.20 Å². The number of aryl methyl sites for hydroxylation is 1. The first-order valence-corrected chi connectivity index (χ1v) is 8.11. The van der Waals surface area contributed by atoms with Gasteiger partial charge in [-0.2, -0.15) is 0 Å². The lowest BCUT2D eigenvalue weighted by atomic mass is 9.97. The smallest absolute Gasteiger partial charge is 0.271 e. The molecule has 1 aliphatic rings. The van der Waals surface area contributed by atoms with Crippen molar-refractivity contribution in [1.82, 2.24) is 19.6 Å². The molecule has 0 spiro atoms. The summed E-state index contributed by atoms with van der Waals surface area (Å²) >= 11 is 0. The summed E-state index contributed by atoms with van der Waals surface area (Å²) in [4.78, 5) is 19.1. The van der Waals surface area contributed by atoms with Gasteiger partial charge in [0.2, 0.25) is 0 Å². The summed E-state index contributed by atoms with van der Waals surface area (Å²) in [7, 11) is 0. The number of imidazole rings is 1. The van der Waals surface area contributed by atoms with Crippen molar-refractivity contribution in [2.75, 3.05) is 26.2 Å². The number of rotatable bonds is 4. The Morgan fingerprint density at radius 1 is 1.41 bits per heavy atom. The van der Waals surface area contributed by atoms with Crippen LogP contribution in [0.4, 0.5) is 0 Å². The molecule has 1 N–H and O–H groups in total. The molecule has 0 saturated carbocycles. The minimum atomic E-state index is -0.0701. The van der Waals surface area contributed by atoms with Crippen LogP contribution in [-0.2, 0) is 0 Å². The summed E-state index contributed by atoms with van der Waals surface area (Å²) in [6.45, 7) is 8.39. The van der Waals surface area contributed by atoms with Crippen LogP contribution < -0.4 is 5.32 Å². The van der Waals surface area contributed by atoms with Gasteiger partial charge in [0.05, 0.1) is 0 Å². The lowest BCUT2D eigenvalue weighted by molar-refractivity contribution is 0.0932. The van der Waals surface area contributed by atoms with Crippen LogP contribution in [0.25, 0.3) is 5.65 Å². The number of hydrogen-bond donors (Lipinski definition) is 1. The highest BCUT2D eigenvalue weighted by atomic mass is 16.1. The number of nitrogens with zero attached hydrogens (tertiary/aromatic N) is 3. The standard InChI is InChI=1S/C17H24N4O/c1-3-20-7-5-14(6-8-20)11-18-17(22)15-12-21-9-4-13(2)10-16(21)19-15/h4,9-10,12,14H,3,5-8,11H2,1-2H3,(H,18,22). The molecule has 3 heterocycles. The first-order chi connectivity index (χ1) is 10.7. The van der Waals surface area contributed by atoms with Gasteiger partial charge in [0.15, 0.2) is 0 Å². The number of pyridine rings is 1. The summed E-state index contributed by atoms with van der Waals surface area (Å²) in [6, 6.07) is 4.00. The van der Waals surface area contributed by atoms with Crippen LogP contribution in [0.1, 0.15) is 35.8 Å². The topological polar surface area (TPSA) is 49.6 Å². The Morgan fingerprint density at radius 3 is 2.91 bits per heavy atom. The van der Waals surface area contributed by atoms with Crippen LogP contribution in [0.15, 0.2) is 24.5 Å². The number of hydrogen-bond acceptors (Lipinski definition) is 3. The third-order valence-corrected chi connectivity index (χ3v) is 4.55. The van der Waals surface area contributed by atoms with Crippen molar-refractivity contribution in [3.8, 4) is 0 Å². The van der Waals surface area contributed by atoms with Crippen molar-refractivity contribution >= 4 is 11.6 Å². The predicted molar refractivity (Wildman–Crippen MR) is 87.1 cm³/mol. The van der Waals surface area contributed by atoms with E-state index >= 15 is 0 Å². The minimum absolute atomic E-state index is 0.0701. The Bertz CT molecular complexity index is 656. The number of carbonyl (C=O) groups is 1. The zero-order chi connectivity index (χ0) is 15.5. The Hall–Kier alpha value is -1.88. The summed E-state index contributed by atoms with van der Waals surface area (Å²) in [5, 5.41) is 3.04. The van der Waals surface area contributed by atoms with E-state index in [0.29, 0.717) is 11.6 Å². The van der Waals surface area contributed by atoms with Crippen molar-refractivity contribution in [1.29, 1.82) is 0 Å². The van der Waals surface area contributed by atoms with Crippen LogP contribution in [0.5, 0.6) is 0 Å². The van der Waals surface area contributed by atoms with Gasteiger partial charge in [0, 0.05) is 18.9 Å². The van der Waals surface area contributed by atoms with Gasteiger partial charge in [0.1, 0.15) is 11.3 Å². The van der Waals surface area contributed by atoms with Crippen molar-refractivity contribution in [3.05, 3.63) is 35.8 Å². The minimum Gasteiger partial charge on any atom is -0.350 e. The second-order valence-electron chi connectivity index (χ2n) is 6.18. The maximum atomic E-state index is 12.3. The van der Waals surface area contributed by atoms with Crippen LogP contribution in [0, 0.1) is 12.8 Å². The van der Waals surface area contributed by atoms with Gasteiger partial charge in [-0.1, -0.05) is 6.92 Å². The van der Waals surface area contributed by atoms with Gasteiger partial charge in [-0.3, -0.25) is 4.79 Å². The molecule has 0 aromatic carbocycles. The Kier molecular flexibility index (Phi) is 4.43. The molecule has 2 aromatic rings. The molecule has 5 nitrogen and oxygen atoms in total. The zero-order valence-electron chi connectivity index (χ0n) is 13.4. The van der Waals surface area contributed by atoms with Crippen LogP contribution in [-0.4, -0.2) is 46.4 Å². The molecule has 1 fully saturated rings. The maximum Gasteiger partial charge on any atom is 0.271 e. The molecule has 1 amide bonds. The number of fused-ring (bicyclic) bond motifs is 1. The molecule has 0 aliphatic carbocycles. The van der Waals surface area contributed by atoms with Gasteiger partial charge >= 0.3 is 0 Å². The highest BCUT2D eigenvalue weighted by Gasteiger charge is 2.19. The van der Waals surface area contributed by atoms with Crippen molar-refractivity contribution in [2.45, 2.75) is 26.7 Å². The summed E-state index contributed by atoms with van der Waals surface area (Å²) in [5.41, 5.74) is 2.46. The molecule has 0 atom stereocenters. The van der Waals surface area contributed by atoms with Gasteiger partial charge in [-0.05, 0) is 63.0 Å². The van der Waals surface area contributed by atoms with Crippen LogP contribution in [0.2, 0.25) is 0 Å². The molecule has 1 saturated heterocycles. The van der Waals surface area contributed by atoms with Gasteiger partial charge < -0.3 is 14.6 Å². The average molecular weight is 300 g/mol. The molecular weight excluding hydrogens is 276 g/mol. The molecule has 22 heavy (non-hydrogen) atoms. The molecule has 0 radical (unpaired) electrons. The SMILES string of the molecule is CCN1CCC(CNC(=O)c2cn3ccc(C)cc3n2)CC1. The summed E-state index contributed by atoms with van der Waals surface area (Å²) in [5.74, 6) is 0.519. The monoisotopic (exact) mass is 300 g/mol. The molecule has 1 aliphatic heterocycles. The highest BCUT2D eigenvalue weighted by molar-refractivity contribution is 5.92. The normalized spacial score (nSPS) is 17.0. The zero-order valence-corrected chi connectivity index (χ0v) is 13.4. The van der Waals surface area contributed by atoms with Gasteiger partial charge in [-0.25, -0.2) is 4.98 Å². The molecule has 0 unspecified atom stereocenters. The molecular formula is C17H24N4O. The van der Waals surface area contributed by atoms with Crippen LogP contribution >= 0.6 is 0 Å². The van der Waals surface area contributed by atoms with Gasteiger partial charge in [0.25, 0.3) is 5.91 Å². The number of piperidine rings is 1. The fourth-order valence-electron chi connectivity index (χ4n) is 3.03. The summed E-state index contributed by atoms with van der Waals surface area (Å²) in [6.07, 6.45) is 6.07. The second kappa shape index (κ2) is 6.48. The van der Waals surface area contributed by atoms with Gasteiger partial charge in [-0.15, -0.1) is 0 Å². The second-order valence-corrected chi connectivity index (χ2v) is 6.18. The quantitative estimate of drug-likeness (QED) is 0.941. The maximum absolute atomic E-state index is 12.3. The highest BCUT2D eigenvalue weighted by Crippen LogP contribution is 2.16. The molecule has 118 valence electrons. The van der Waals surface area contributed by atoms with E-state index in [4.69, 9.17) is 0 Å². The number of carbonyl (C=O) groups excluding carboxylic acids is 1. The molecule has 5 heteroatoms. The first kappa shape index (κ1) is 15.0. The number of amides is 1. The van der Waals surface area contributed by atoms with E-state index < -0.39 is 0 Å². The van der Waals surface area contributed by atoms with E-state index in [2.05, 4.69) is 22.1 Å². The Morgan fingerprint density at radius 2 is 2.18 bits per heavy atom. The number of nitrogens with one attached hydrogen (secondary N) is 1. The lowest BCUT2D eigenvalue weighted by Crippen LogP contribution is -2.38. The van der Waals surface area contributed by atoms with Crippen molar-refractivity contribution in [2.24, 2.45) is 5.92 Å². The Balaban J connectivity index is 1.57. The fourth-order valence-corrected chi connectivity index (χ4v) is 3.03. The van der Waals surface area contributed by atoms with E-state index in [-0.39, 0.29) is 5.91 Å². The number of aromatic nitrogens is 2. The molecule has 0 bridgehead atoms. The predicted octanol–water partition coefficient (Wildman–Crippen LogP) is 2.10. The lowest BCUT2D eigenvalue weighted by Gasteiger charge is -2.30. The van der Waals surface area contributed by atoms with Crippen molar-refractivity contribution in [3.63, 3.8) is 0 Å². The fraction of sp³-hybridized carbons (Fsp3) is 0.529. The van der Waals surface area contributed by atoms with Crippen molar-refractivity contribution < 1.29 is 4.79 Å². The van der Waals surface area contributed by atoms with E-state index in [1.807, 2.05) is 29.7 Å². The third kappa shape index (κ3) is 3.30.